The van der Waals surface area contributed by atoms with E-state index in [-0.39, 0.29) is 6.79 Å². The van der Waals surface area contributed by atoms with E-state index in [1.165, 1.54) is 0 Å². The Hall–Kier alpha value is -2.22. The second-order valence-electron chi connectivity index (χ2n) is 3.19. The first kappa shape index (κ1) is 10.3. The van der Waals surface area contributed by atoms with Crippen molar-refractivity contribution in [2.24, 2.45) is 5.10 Å². The van der Waals surface area contributed by atoms with E-state index in [4.69, 9.17) is 14.7 Å². The third-order valence-corrected chi connectivity index (χ3v) is 2.05. The maximum absolute atomic E-state index is 8.32. The van der Waals surface area contributed by atoms with Gasteiger partial charge in [-0.2, -0.15) is 10.4 Å². The summed E-state index contributed by atoms with van der Waals surface area (Å²) in [7, 11) is 0. The lowest BCUT2D eigenvalue weighted by atomic mass is 10.2. The van der Waals surface area contributed by atoms with Crippen LogP contribution in [-0.2, 0) is 0 Å². The van der Waals surface area contributed by atoms with Gasteiger partial charge in [-0.05, 0) is 23.8 Å². The molecule has 1 heterocycles. The molecular weight excluding hydrogens is 206 g/mol. The molecular formula is C11H11N3O2. The van der Waals surface area contributed by atoms with Crippen LogP contribution in [0.3, 0.4) is 0 Å². The molecule has 0 unspecified atom stereocenters. The van der Waals surface area contributed by atoms with Gasteiger partial charge in [0.15, 0.2) is 11.5 Å². The van der Waals surface area contributed by atoms with Crippen molar-refractivity contribution in [3.8, 4) is 17.6 Å². The van der Waals surface area contributed by atoms with Crippen LogP contribution in [0.5, 0.6) is 11.5 Å². The van der Waals surface area contributed by atoms with Crippen molar-refractivity contribution in [3.05, 3.63) is 23.8 Å². The number of fused-ring (bicyclic) bond motifs is 1. The Morgan fingerprint density at radius 2 is 2.31 bits per heavy atom. The van der Waals surface area contributed by atoms with Crippen LogP contribution in [0.4, 0.5) is 0 Å². The molecule has 1 aliphatic heterocycles. The lowest BCUT2D eigenvalue weighted by molar-refractivity contribution is 0.174. The standard InChI is InChI=1S/C11H11N3O2/c12-4-1-5-13-14-7-9-2-3-10-11(6-9)16-8-15-10/h2-3,6-7,13H,1,5,8H2/b14-7+. The summed E-state index contributed by atoms with van der Waals surface area (Å²) in [4.78, 5) is 0. The topological polar surface area (TPSA) is 66.6 Å². The van der Waals surface area contributed by atoms with Crippen molar-refractivity contribution in [2.75, 3.05) is 13.3 Å². The zero-order valence-electron chi connectivity index (χ0n) is 8.64. The molecule has 1 aromatic rings. The molecule has 0 bridgehead atoms. The maximum Gasteiger partial charge on any atom is 0.231 e. The largest absolute Gasteiger partial charge is 0.454 e. The minimum Gasteiger partial charge on any atom is -0.454 e. The first-order valence-corrected chi connectivity index (χ1v) is 4.92. The molecule has 16 heavy (non-hydrogen) atoms. The number of hydrogen-bond donors (Lipinski definition) is 1. The minimum absolute atomic E-state index is 0.274. The summed E-state index contributed by atoms with van der Waals surface area (Å²) >= 11 is 0. The molecule has 0 spiro atoms. The third kappa shape index (κ3) is 2.42. The van der Waals surface area contributed by atoms with E-state index >= 15 is 0 Å². The second-order valence-corrected chi connectivity index (χ2v) is 3.19. The third-order valence-electron chi connectivity index (χ3n) is 2.05. The Labute approximate surface area is 93.3 Å². The molecule has 0 atom stereocenters. The van der Waals surface area contributed by atoms with Gasteiger partial charge < -0.3 is 14.9 Å². The molecule has 0 aromatic heterocycles. The van der Waals surface area contributed by atoms with Crippen molar-refractivity contribution in [1.29, 1.82) is 5.26 Å². The van der Waals surface area contributed by atoms with Crippen LogP contribution in [-0.4, -0.2) is 19.6 Å². The fourth-order valence-electron chi connectivity index (χ4n) is 1.29. The Morgan fingerprint density at radius 1 is 1.44 bits per heavy atom. The highest BCUT2D eigenvalue weighted by Gasteiger charge is 2.12. The number of benzene rings is 1. The number of hydrogen-bond acceptors (Lipinski definition) is 5. The van der Waals surface area contributed by atoms with Gasteiger partial charge in [-0.1, -0.05) is 0 Å². The number of ether oxygens (including phenoxy) is 2. The van der Waals surface area contributed by atoms with Crippen LogP contribution < -0.4 is 14.9 Å². The van der Waals surface area contributed by atoms with Crippen LogP contribution in [0.1, 0.15) is 12.0 Å². The first-order chi connectivity index (χ1) is 7.90. The monoisotopic (exact) mass is 217 g/mol. The highest BCUT2D eigenvalue weighted by molar-refractivity contribution is 5.80. The molecule has 5 nitrogen and oxygen atoms in total. The summed E-state index contributed by atoms with van der Waals surface area (Å²) in [6.45, 7) is 0.827. The van der Waals surface area contributed by atoms with E-state index in [0.717, 1.165) is 17.1 Å². The molecule has 1 N–H and O–H groups in total. The summed E-state index contributed by atoms with van der Waals surface area (Å²) in [5, 5.41) is 12.3. The Morgan fingerprint density at radius 3 is 3.19 bits per heavy atom. The van der Waals surface area contributed by atoms with E-state index in [0.29, 0.717) is 13.0 Å². The number of nitrogens with zero attached hydrogens (tertiary/aromatic N) is 2. The highest BCUT2D eigenvalue weighted by Crippen LogP contribution is 2.31. The molecule has 0 amide bonds. The number of rotatable bonds is 4. The molecule has 1 aromatic carbocycles. The predicted molar refractivity (Wildman–Crippen MR) is 58.4 cm³/mol. The normalized spacial score (nSPS) is 12.7. The fraction of sp³-hybridized carbons (Fsp3) is 0.273. The van der Waals surface area contributed by atoms with Gasteiger partial charge in [-0.3, -0.25) is 0 Å². The van der Waals surface area contributed by atoms with Crippen molar-refractivity contribution in [2.45, 2.75) is 6.42 Å². The lowest BCUT2D eigenvalue weighted by Crippen LogP contribution is -2.06. The van der Waals surface area contributed by atoms with E-state index in [9.17, 15) is 0 Å². The Bertz CT molecular complexity index is 437. The van der Waals surface area contributed by atoms with Gasteiger partial charge in [0.25, 0.3) is 0 Å². The molecule has 2 rings (SSSR count). The lowest BCUT2D eigenvalue weighted by Gasteiger charge is -1.97. The van der Waals surface area contributed by atoms with E-state index < -0.39 is 0 Å². The summed E-state index contributed by atoms with van der Waals surface area (Å²) in [6, 6.07) is 7.62. The van der Waals surface area contributed by atoms with Gasteiger partial charge in [0.05, 0.1) is 18.7 Å². The van der Waals surface area contributed by atoms with Crippen LogP contribution in [0.15, 0.2) is 23.3 Å². The summed E-state index contributed by atoms with van der Waals surface area (Å²) < 4.78 is 10.4. The van der Waals surface area contributed by atoms with Crippen LogP contribution >= 0.6 is 0 Å². The molecule has 82 valence electrons. The molecule has 0 saturated carbocycles. The SMILES string of the molecule is N#CCCN/N=C/c1ccc2c(c1)OCO2. The molecule has 0 radical (unpaired) electrons. The smallest absolute Gasteiger partial charge is 0.231 e. The molecule has 0 aliphatic carbocycles. The van der Waals surface area contributed by atoms with Crippen LogP contribution in [0, 0.1) is 11.3 Å². The van der Waals surface area contributed by atoms with Gasteiger partial charge in [0, 0.05) is 6.54 Å². The van der Waals surface area contributed by atoms with Gasteiger partial charge in [-0.15, -0.1) is 0 Å². The maximum atomic E-state index is 8.32. The summed E-state index contributed by atoms with van der Waals surface area (Å²) in [5.41, 5.74) is 3.70. The number of nitriles is 1. The average Bonchev–Trinajstić information content (AvgIpc) is 2.76. The second kappa shape index (κ2) is 5.03. The summed E-state index contributed by atoms with van der Waals surface area (Å²) in [5.74, 6) is 1.50. The summed E-state index contributed by atoms with van der Waals surface area (Å²) in [6.07, 6.45) is 2.12. The Balaban J connectivity index is 1.92. The quantitative estimate of drug-likeness (QED) is 0.468. The van der Waals surface area contributed by atoms with E-state index in [1.54, 1.807) is 6.21 Å². The van der Waals surface area contributed by atoms with Gasteiger partial charge >= 0.3 is 0 Å². The number of nitrogens with one attached hydrogen (secondary N) is 1. The van der Waals surface area contributed by atoms with Crippen LogP contribution in [0.2, 0.25) is 0 Å². The van der Waals surface area contributed by atoms with Crippen molar-refractivity contribution < 1.29 is 9.47 Å². The fourth-order valence-corrected chi connectivity index (χ4v) is 1.29. The van der Waals surface area contributed by atoms with Crippen molar-refractivity contribution >= 4 is 6.21 Å². The van der Waals surface area contributed by atoms with Crippen LogP contribution in [0.25, 0.3) is 0 Å². The zero-order valence-corrected chi connectivity index (χ0v) is 8.64. The highest BCUT2D eigenvalue weighted by atomic mass is 16.7. The average molecular weight is 217 g/mol. The molecule has 1 aliphatic rings. The Kier molecular flexibility index (Phi) is 3.24. The van der Waals surface area contributed by atoms with Gasteiger partial charge in [-0.25, -0.2) is 0 Å². The zero-order chi connectivity index (χ0) is 11.2. The van der Waals surface area contributed by atoms with Crippen molar-refractivity contribution in [3.63, 3.8) is 0 Å². The van der Waals surface area contributed by atoms with E-state index in [2.05, 4.69) is 10.5 Å². The molecule has 0 fully saturated rings. The van der Waals surface area contributed by atoms with Gasteiger partial charge in [0.1, 0.15) is 0 Å². The first-order valence-electron chi connectivity index (χ1n) is 4.92. The minimum atomic E-state index is 0.274. The number of hydrazone groups is 1. The predicted octanol–water partition coefficient (Wildman–Crippen LogP) is 1.25. The van der Waals surface area contributed by atoms with Crippen molar-refractivity contribution in [1.82, 2.24) is 5.43 Å². The molecule has 5 heteroatoms. The van der Waals surface area contributed by atoms with Gasteiger partial charge in [0.2, 0.25) is 6.79 Å². The van der Waals surface area contributed by atoms with E-state index in [1.807, 2.05) is 24.3 Å². The molecule has 0 saturated heterocycles.